The molecule has 6 nitrogen and oxygen atoms in total. The number of hydrogen-bond acceptors (Lipinski definition) is 5. The topological polar surface area (TPSA) is 84.5 Å². The molecule has 3 aromatic carbocycles. The summed E-state index contributed by atoms with van der Waals surface area (Å²) in [5.74, 6) is 0.159. The van der Waals surface area contributed by atoms with Crippen molar-refractivity contribution in [3.05, 3.63) is 90.0 Å². The highest BCUT2D eigenvalue weighted by atomic mass is 32.2. The van der Waals surface area contributed by atoms with Gasteiger partial charge in [0.15, 0.2) is 6.61 Å². The minimum Gasteiger partial charge on any atom is -0.484 e. The molecule has 1 amide bonds. The van der Waals surface area contributed by atoms with Crippen LogP contribution < -0.4 is 14.8 Å². The summed E-state index contributed by atoms with van der Waals surface area (Å²) in [6.07, 6.45) is 2.01. The molecule has 0 heterocycles. The van der Waals surface area contributed by atoms with Gasteiger partial charge in [-0.1, -0.05) is 42.5 Å². The molecule has 8 heteroatoms. The molecule has 0 spiro atoms. The quantitative estimate of drug-likeness (QED) is 0.435. The number of amides is 1. The molecule has 0 aliphatic carbocycles. The number of nitrogens with one attached hydrogen (secondary N) is 2. The van der Waals surface area contributed by atoms with E-state index in [2.05, 4.69) is 10.0 Å². The van der Waals surface area contributed by atoms with Crippen LogP contribution in [0.1, 0.15) is 24.1 Å². The molecule has 1 unspecified atom stereocenters. The maximum absolute atomic E-state index is 12.5. The van der Waals surface area contributed by atoms with Gasteiger partial charge in [0.1, 0.15) is 5.75 Å². The van der Waals surface area contributed by atoms with Crippen molar-refractivity contribution in [1.82, 2.24) is 10.0 Å². The largest absolute Gasteiger partial charge is 0.484 e. The molecule has 3 aromatic rings. The molecule has 0 aromatic heterocycles. The Labute approximate surface area is 193 Å². The van der Waals surface area contributed by atoms with Crippen LogP contribution in [0.15, 0.2) is 88.7 Å². The Morgan fingerprint density at radius 2 is 1.62 bits per heavy atom. The van der Waals surface area contributed by atoms with Gasteiger partial charge in [0, 0.05) is 11.4 Å². The lowest BCUT2D eigenvalue weighted by Gasteiger charge is -2.15. The predicted molar refractivity (Wildman–Crippen MR) is 127 cm³/mol. The summed E-state index contributed by atoms with van der Waals surface area (Å²) in [6, 6.07) is 23.1. The Bertz CT molecular complexity index is 1120. The number of benzene rings is 3. The molecule has 0 radical (unpaired) electrons. The normalized spacial score (nSPS) is 12.2. The molecule has 1 atom stereocenters. The van der Waals surface area contributed by atoms with E-state index in [-0.39, 0.29) is 30.0 Å². The van der Waals surface area contributed by atoms with Crippen molar-refractivity contribution in [1.29, 1.82) is 0 Å². The molecule has 3 rings (SSSR count). The van der Waals surface area contributed by atoms with Gasteiger partial charge >= 0.3 is 0 Å². The second kappa shape index (κ2) is 11.2. The fourth-order valence-electron chi connectivity index (χ4n) is 2.98. The molecule has 0 bridgehead atoms. The zero-order chi connectivity index (χ0) is 23.0. The Balaban J connectivity index is 1.49. The third kappa shape index (κ3) is 6.85. The number of rotatable bonds is 10. The highest BCUT2D eigenvalue weighted by Crippen LogP contribution is 2.19. The summed E-state index contributed by atoms with van der Waals surface area (Å²) in [5.41, 5.74) is 1.88. The molecule has 0 aliphatic heterocycles. The minimum atomic E-state index is -3.64. The van der Waals surface area contributed by atoms with Crippen molar-refractivity contribution < 1.29 is 17.9 Å². The third-order valence-corrected chi connectivity index (χ3v) is 6.97. The minimum absolute atomic E-state index is 0.132. The van der Waals surface area contributed by atoms with Crippen LogP contribution in [0.5, 0.6) is 5.75 Å². The average Bonchev–Trinajstić information content (AvgIpc) is 2.82. The van der Waals surface area contributed by atoms with Crippen molar-refractivity contribution in [3.8, 4) is 5.75 Å². The average molecular weight is 471 g/mol. The molecule has 0 saturated heterocycles. The molecular formula is C24H26N2O4S2. The van der Waals surface area contributed by atoms with Crippen LogP contribution in [0.25, 0.3) is 0 Å². The fourth-order valence-corrected chi connectivity index (χ4v) is 4.41. The number of carbonyl (C=O) groups is 1. The van der Waals surface area contributed by atoms with E-state index in [9.17, 15) is 13.2 Å². The van der Waals surface area contributed by atoms with Crippen molar-refractivity contribution in [2.24, 2.45) is 0 Å². The van der Waals surface area contributed by atoms with E-state index in [4.69, 9.17) is 4.74 Å². The Morgan fingerprint density at radius 1 is 0.969 bits per heavy atom. The van der Waals surface area contributed by atoms with Gasteiger partial charge < -0.3 is 10.1 Å². The van der Waals surface area contributed by atoms with E-state index in [0.29, 0.717) is 5.75 Å². The van der Waals surface area contributed by atoms with Gasteiger partial charge in [-0.2, -0.15) is 0 Å². The van der Waals surface area contributed by atoms with Gasteiger partial charge in [0.05, 0.1) is 10.9 Å². The second-order valence-corrected chi connectivity index (χ2v) is 9.78. The van der Waals surface area contributed by atoms with Crippen molar-refractivity contribution in [2.45, 2.75) is 29.3 Å². The smallest absolute Gasteiger partial charge is 0.258 e. The highest BCUT2D eigenvalue weighted by Gasteiger charge is 2.14. The van der Waals surface area contributed by atoms with Crippen LogP contribution in [-0.2, 0) is 21.4 Å². The summed E-state index contributed by atoms with van der Waals surface area (Å²) in [7, 11) is -3.64. The summed E-state index contributed by atoms with van der Waals surface area (Å²) < 4.78 is 33.0. The van der Waals surface area contributed by atoms with E-state index in [1.807, 2.05) is 67.8 Å². The fraction of sp³-hybridized carbons (Fsp3) is 0.208. The van der Waals surface area contributed by atoms with Crippen LogP contribution >= 0.6 is 11.8 Å². The maximum Gasteiger partial charge on any atom is 0.258 e. The molecule has 168 valence electrons. The standard InChI is InChI=1S/C24H26N2O4S2/c1-18(20-8-12-22(31-2)13-9-20)26-24(27)17-30-21-10-14-23(15-11-21)32(28,29)25-16-19-6-4-3-5-7-19/h3-15,18,25H,16-17H2,1-2H3,(H,26,27). The van der Waals surface area contributed by atoms with Gasteiger partial charge in [0.25, 0.3) is 5.91 Å². The predicted octanol–water partition coefficient (Wildman–Crippen LogP) is 4.14. The molecule has 0 fully saturated rings. The number of sulfonamides is 1. The lowest BCUT2D eigenvalue weighted by atomic mass is 10.1. The van der Waals surface area contributed by atoms with Gasteiger partial charge in [-0.3, -0.25) is 4.79 Å². The number of carbonyl (C=O) groups excluding carboxylic acids is 1. The van der Waals surface area contributed by atoms with Crippen LogP contribution in [0.3, 0.4) is 0 Å². The zero-order valence-electron chi connectivity index (χ0n) is 17.9. The van der Waals surface area contributed by atoms with Crippen LogP contribution in [-0.4, -0.2) is 27.2 Å². The Hall–Kier alpha value is -2.81. The van der Waals surface area contributed by atoms with E-state index >= 15 is 0 Å². The summed E-state index contributed by atoms with van der Waals surface area (Å²) in [6.45, 7) is 1.96. The lowest BCUT2D eigenvalue weighted by molar-refractivity contribution is -0.123. The SMILES string of the molecule is CSc1ccc(C(C)NC(=O)COc2ccc(S(=O)(=O)NCc3ccccc3)cc2)cc1. The molecule has 0 saturated carbocycles. The van der Waals surface area contributed by atoms with E-state index in [1.54, 1.807) is 11.8 Å². The summed E-state index contributed by atoms with van der Waals surface area (Å²) in [5, 5.41) is 2.90. The van der Waals surface area contributed by atoms with Gasteiger partial charge in [-0.15, -0.1) is 11.8 Å². The number of hydrogen-bond donors (Lipinski definition) is 2. The molecule has 0 aliphatic rings. The second-order valence-electron chi connectivity index (χ2n) is 7.13. The monoisotopic (exact) mass is 470 g/mol. The summed E-state index contributed by atoms with van der Waals surface area (Å²) >= 11 is 1.66. The van der Waals surface area contributed by atoms with Crippen molar-refractivity contribution in [3.63, 3.8) is 0 Å². The van der Waals surface area contributed by atoms with Crippen molar-refractivity contribution >= 4 is 27.7 Å². The van der Waals surface area contributed by atoms with Gasteiger partial charge in [0.2, 0.25) is 10.0 Å². The molecule has 32 heavy (non-hydrogen) atoms. The Kier molecular flexibility index (Phi) is 8.33. The van der Waals surface area contributed by atoms with Crippen LogP contribution in [0, 0.1) is 0 Å². The van der Waals surface area contributed by atoms with E-state index in [0.717, 1.165) is 16.0 Å². The first kappa shape index (κ1) is 23.8. The number of ether oxygens (including phenoxy) is 1. The van der Waals surface area contributed by atoms with Gasteiger partial charge in [-0.25, -0.2) is 13.1 Å². The number of thioether (sulfide) groups is 1. The Morgan fingerprint density at radius 3 is 2.25 bits per heavy atom. The van der Waals surface area contributed by atoms with E-state index in [1.165, 1.54) is 24.3 Å². The lowest BCUT2D eigenvalue weighted by Crippen LogP contribution is -2.31. The molecule has 2 N–H and O–H groups in total. The first-order valence-corrected chi connectivity index (χ1v) is 12.8. The van der Waals surface area contributed by atoms with Crippen LogP contribution in [0.2, 0.25) is 0 Å². The zero-order valence-corrected chi connectivity index (χ0v) is 19.6. The summed E-state index contributed by atoms with van der Waals surface area (Å²) in [4.78, 5) is 13.5. The van der Waals surface area contributed by atoms with Crippen LogP contribution in [0.4, 0.5) is 0 Å². The van der Waals surface area contributed by atoms with Crippen molar-refractivity contribution in [2.75, 3.05) is 12.9 Å². The molecular weight excluding hydrogens is 444 g/mol. The highest BCUT2D eigenvalue weighted by molar-refractivity contribution is 7.98. The third-order valence-electron chi connectivity index (χ3n) is 4.81. The maximum atomic E-state index is 12.5. The first-order chi connectivity index (χ1) is 15.4. The first-order valence-electron chi connectivity index (χ1n) is 10.1. The van der Waals surface area contributed by atoms with E-state index < -0.39 is 10.0 Å². The van der Waals surface area contributed by atoms with Gasteiger partial charge in [-0.05, 0) is 60.7 Å².